The number of Topliss-reactive ketones (excluding diaryl/α,β-unsaturated/α-hetero) is 1. The van der Waals surface area contributed by atoms with Gasteiger partial charge in [0.25, 0.3) is 0 Å². The molecule has 0 N–H and O–H groups in total. The maximum absolute atomic E-state index is 12.6. The zero-order chi connectivity index (χ0) is 19.7. The minimum Gasteiger partial charge on any atom is -0.489 e. The van der Waals surface area contributed by atoms with E-state index in [0.717, 1.165) is 15.6 Å². The number of rotatable bonds is 4. The third kappa shape index (κ3) is 3.95. The molecule has 0 unspecified atom stereocenters. The molecule has 3 aromatic rings. The number of allylic oxidation sites excluding steroid dienone is 1. The molecule has 0 spiro atoms. The minimum absolute atomic E-state index is 0.155. The molecule has 1 heterocycles. The molecule has 3 nitrogen and oxygen atoms in total. The Kier molecular flexibility index (Phi) is 5.44. The van der Waals surface area contributed by atoms with Gasteiger partial charge in [-0.25, -0.2) is 0 Å². The molecule has 0 bridgehead atoms. The molecule has 0 saturated carbocycles. The van der Waals surface area contributed by atoms with Crippen molar-refractivity contribution in [1.82, 2.24) is 0 Å². The van der Waals surface area contributed by atoms with Crippen LogP contribution in [0.1, 0.15) is 21.5 Å². The van der Waals surface area contributed by atoms with Crippen LogP contribution in [0.25, 0.3) is 6.08 Å². The number of fused-ring (bicyclic) bond motifs is 1. The van der Waals surface area contributed by atoms with E-state index >= 15 is 0 Å². The Labute approximate surface area is 180 Å². The zero-order valence-electron chi connectivity index (χ0n) is 14.4. The van der Waals surface area contributed by atoms with Crippen molar-refractivity contribution in [3.63, 3.8) is 0 Å². The van der Waals surface area contributed by atoms with Crippen LogP contribution in [0.15, 0.2) is 70.9 Å². The molecule has 0 saturated heterocycles. The molecular weight excluding hydrogens is 463 g/mol. The van der Waals surface area contributed by atoms with Gasteiger partial charge < -0.3 is 9.47 Å². The van der Waals surface area contributed by atoms with Crippen molar-refractivity contribution in [1.29, 1.82) is 0 Å². The first-order valence-electron chi connectivity index (χ1n) is 8.41. The topological polar surface area (TPSA) is 35.5 Å². The first-order valence-corrected chi connectivity index (χ1v) is 9.96. The van der Waals surface area contributed by atoms with Crippen LogP contribution in [0.5, 0.6) is 11.5 Å². The van der Waals surface area contributed by atoms with E-state index in [-0.39, 0.29) is 18.1 Å². The van der Waals surface area contributed by atoms with Crippen molar-refractivity contribution in [2.75, 3.05) is 0 Å². The van der Waals surface area contributed by atoms with E-state index in [0.29, 0.717) is 27.1 Å². The van der Waals surface area contributed by atoms with Crippen molar-refractivity contribution in [2.45, 2.75) is 6.61 Å². The lowest BCUT2D eigenvalue weighted by molar-refractivity contribution is 0.101. The normalized spacial score (nSPS) is 14.1. The first-order chi connectivity index (χ1) is 13.5. The van der Waals surface area contributed by atoms with Gasteiger partial charge in [0.05, 0.1) is 5.56 Å². The SMILES string of the molecule is O=C1/C(=C/c2ccccc2Br)Oc2cc(OCc3ccc(Cl)cc3Cl)ccc21. The summed E-state index contributed by atoms with van der Waals surface area (Å²) in [6, 6.07) is 18.0. The van der Waals surface area contributed by atoms with Gasteiger partial charge in [0.2, 0.25) is 5.78 Å². The van der Waals surface area contributed by atoms with Gasteiger partial charge in [-0.1, -0.05) is 63.4 Å². The number of carbonyl (C=O) groups is 1. The van der Waals surface area contributed by atoms with Gasteiger partial charge in [0.15, 0.2) is 5.76 Å². The Hall–Kier alpha value is -2.27. The average molecular weight is 476 g/mol. The molecule has 0 fully saturated rings. The second-order valence-corrected chi connectivity index (χ2v) is 7.84. The molecule has 0 aliphatic carbocycles. The lowest BCUT2D eigenvalue weighted by Gasteiger charge is -2.09. The molecule has 0 radical (unpaired) electrons. The van der Waals surface area contributed by atoms with Crippen molar-refractivity contribution in [2.24, 2.45) is 0 Å². The Balaban J connectivity index is 1.53. The molecule has 140 valence electrons. The van der Waals surface area contributed by atoms with Crippen LogP contribution in [0.2, 0.25) is 10.0 Å². The standard InChI is InChI=1S/C22H13BrCl2O3/c23-18-4-2-1-3-13(18)9-21-22(26)17-8-7-16(11-20(17)28-21)27-12-14-5-6-15(24)10-19(14)25/h1-11H,12H2/b21-9-. The highest BCUT2D eigenvalue weighted by atomic mass is 79.9. The van der Waals surface area contributed by atoms with Gasteiger partial charge in [-0.15, -0.1) is 0 Å². The predicted molar refractivity (Wildman–Crippen MR) is 114 cm³/mol. The monoisotopic (exact) mass is 474 g/mol. The van der Waals surface area contributed by atoms with E-state index in [1.807, 2.05) is 30.3 Å². The van der Waals surface area contributed by atoms with Gasteiger partial charge in [0, 0.05) is 26.1 Å². The second kappa shape index (κ2) is 8.00. The number of benzene rings is 3. The first kappa shape index (κ1) is 19.1. The third-order valence-corrected chi connectivity index (χ3v) is 5.55. The summed E-state index contributed by atoms with van der Waals surface area (Å²) in [6.07, 6.45) is 1.72. The number of hydrogen-bond acceptors (Lipinski definition) is 3. The van der Waals surface area contributed by atoms with E-state index in [1.165, 1.54) is 0 Å². The zero-order valence-corrected chi connectivity index (χ0v) is 17.5. The Morgan fingerprint density at radius 2 is 1.86 bits per heavy atom. The average Bonchev–Trinajstić information content (AvgIpc) is 2.98. The van der Waals surface area contributed by atoms with Crippen molar-refractivity contribution >= 4 is 51.0 Å². The molecule has 1 aliphatic rings. The van der Waals surface area contributed by atoms with E-state index < -0.39 is 0 Å². The summed E-state index contributed by atoms with van der Waals surface area (Å²) in [5.74, 6) is 1.18. The van der Waals surface area contributed by atoms with Gasteiger partial charge in [0.1, 0.15) is 18.1 Å². The van der Waals surface area contributed by atoms with Crippen molar-refractivity contribution in [3.8, 4) is 11.5 Å². The lowest BCUT2D eigenvalue weighted by Crippen LogP contribution is -1.98. The maximum Gasteiger partial charge on any atom is 0.231 e. The van der Waals surface area contributed by atoms with Crippen LogP contribution in [0, 0.1) is 0 Å². The molecule has 4 rings (SSSR count). The van der Waals surface area contributed by atoms with Crippen LogP contribution >= 0.6 is 39.1 Å². The van der Waals surface area contributed by atoms with E-state index in [4.69, 9.17) is 32.7 Å². The molecular formula is C22H13BrCl2O3. The molecule has 1 aliphatic heterocycles. The number of ketones is 1. The van der Waals surface area contributed by atoms with E-state index in [1.54, 1.807) is 36.4 Å². The second-order valence-electron chi connectivity index (χ2n) is 6.14. The molecule has 0 atom stereocenters. The highest BCUT2D eigenvalue weighted by Gasteiger charge is 2.28. The minimum atomic E-state index is -0.155. The van der Waals surface area contributed by atoms with Crippen LogP contribution in [-0.4, -0.2) is 5.78 Å². The summed E-state index contributed by atoms with van der Waals surface area (Å²) >= 11 is 15.6. The number of carbonyl (C=O) groups excluding carboxylic acids is 1. The molecule has 0 amide bonds. The molecule has 6 heteroatoms. The Morgan fingerprint density at radius 1 is 1.04 bits per heavy atom. The molecule has 3 aromatic carbocycles. The quantitative estimate of drug-likeness (QED) is 0.383. The number of halogens is 3. The van der Waals surface area contributed by atoms with Crippen molar-refractivity contribution in [3.05, 3.63) is 97.6 Å². The van der Waals surface area contributed by atoms with Crippen LogP contribution < -0.4 is 9.47 Å². The predicted octanol–water partition coefficient (Wildman–Crippen LogP) is 6.95. The van der Waals surface area contributed by atoms with Gasteiger partial charge in [-0.2, -0.15) is 0 Å². The lowest BCUT2D eigenvalue weighted by atomic mass is 10.1. The van der Waals surface area contributed by atoms with Crippen LogP contribution in [-0.2, 0) is 6.61 Å². The summed E-state index contributed by atoms with van der Waals surface area (Å²) in [7, 11) is 0. The molecule has 28 heavy (non-hydrogen) atoms. The van der Waals surface area contributed by atoms with E-state index in [9.17, 15) is 4.79 Å². The Bertz CT molecular complexity index is 1110. The molecule has 0 aromatic heterocycles. The summed E-state index contributed by atoms with van der Waals surface area (Å²) < 4.78 is 12.5. The highest BCUT2D eigenvalue weighted by molar-refractivity contribution is 9.10. The van der Waals surface area contributed by atoms with Crippen LogP contribution in [0.3, 0.4) is 0 Å². The highest BCUT2D eigenvalue weighted by Crippen LogP contribution is 2.36. The summed E-state index contributed by atoms with van der Waals surface area (Å²) in [6.45, 7) is 0.280. The fourth-order valence-electron chi connectivity index (χ4n) is 2.79. The summed E-state index contributed by atoms with van der Waals surface area (Å²) in [4.78, 5) is 12.6. The maximum atomic E-state index is 12.6. The number of hydrogen-bond donors (Lipinski definition) is 0. The van der Waals surface area contributed by atoms with Gasteiger partial charge >= 0.3 is 0 Å². The fraction of sp³-hybridized carbons (Fsp3) is 0.0455. The van der Waals surface area contributed by atoms with Crippen molar-refractivity contribution < 1.29 is 14.3 Å². The van der Waals surface area contributed by atoms with Gasteiger partial charge in [-0.3, -0.25) is 4.79 Å². The smallest absolute Gasteiger partial charge is 0.231 e. The Morgan fingerprint density at radius 3 is 2.64 bits per heavy atom. The van der Waals surface area contributed by atoms with E-state index in [2.05, 4.69) is 15.9 Å². The third-order valence-electron chi connectivity index (χ3n) is 4.24. The largest absolute Gasteiger partial charge is 0.489 e. The number of ether oxygens (including phenoxy) is 2. The summed E-state index contributed by atoms with van der Waals surface area (Å²) in [5, 5.41) is 1.11. The van der Waals surface area contributed by atoms with Gasteiger partial charge in [-0.05, 0) is 42.0 Å². The fourth-order valence-corrected chi connectivity index (χ4v) is 3.65. The van der Waals surface area contributed by atoms with Crippen LogP contribution in [0.4, 0.5) is 0 Å². The summed E-state index contributed by atoms with van der Waals surface area (Å²) in [5.41, 5.74) is 2.20.